The molecule has 1 heterocycles. The van der Waals surface area contributed by atoms with E-state index < -0.39 is 18.2 Å². The third-order valence-corrected chi connectivity index (χ3v) is 2.97. The van der Waals surface area contributed by atoms with Crippen molar-refractivity contribution in [3.05, 3.63) is 29.3 Å². The minimum Gasteiger partial charge on any atom is -0.479 e. The second-order valence-electron chi connectivity index (χ2n) is 4.27. The first kappa shape index (κ1) is 13.2. The molecular formula is C13H15NO5. The summed E-state index contributed by atoms with van der Waals surface area (Å²) in [5, 5.41) is 11.5. The van der Waals surface area contributed by atoms with Gasteiger partial charge in [-0.2, -0.15) is 0 Å². The fourth-order valence-corrected chi connectivity index (χ4v) is 1.97. The van der Waals surface area contributed by atoms with Gasteiger partial charge in [-0.25, -0.2) is 9.59 Å². The fourth-order valence-electron chi connectivity index (χ4n) is 1.97. The van der Waals surface area contributed by atoms with E-state index in [4.69, 9.17) is 9.84 Å². The fraction of sp³-hybridized carbons (Fsp3) is 0.385. The Morgan fingerprint density at radius 2 is 2.32 bits per heavy atom. The average Bonchev–Trinajstić information content (AvgIpc) is 2.43. The molecule has 6 heteroatoms. The van der Waals surface area contributed by atoms with Crippen molar-refractivity contribution in [1.29, 1.82) is 0 Å². The monoisotopic (exact) mass is 265 g/mol. The Hall–Kier alpha value is -2.24. The molecule has 19 heavy (non-hydrogen) atoms. The molecule has 1 atom stereocenters. The number of carboxylic acid groups (broad SMARTS) is 1. The van der Waals surface area contributed by atoms with Gasteiger partial charge in [0.05, 0.1) is 7.11 Å². The summed E-state index contributed by atoms with van der Waals surface area (Å²) in [6, 6.07) is 5.43. The van der Waals surface area contributed by atoms with Crippen LogP contribution in [0.2, 0.25) is 0 Å². The van der Waals surface area contributed by atoms with Crippen LogP contribution in [0.3, 0.4) is 0 Å². The molecule has 1 unspecified atom stereocenters. The first-order valence-electron chi connectivity index (χ1n) is 5.93. The normalized spacial score (nSPS) is 17.0. The molecule has 1 aromatic rings. The highest BCUT2D eigenvalue weighted by Gasteiger charge is 2.25. The summed E-state index contributed by atoms with van der Waals surface area (Å²) in [7, 11) is 1.31. The van der Waals surface area contributed by atoms with Crippen LogP contribution in [0.4, 0.5) is 4.79 Å². The van der Waals surface area contributed by atoms with Crippen molar-refractivity contribution in [2.75, 3.05) is 7.11 Å². The zero-order valence-electron chi connectivity index (χ0n) is 10.5. The number of carboxylic acids is 1. The van der Waals surface area contributed by atoms with E-state index >= 15 is 0 Å². The summed E-state index contributed by atoms with van der Waals surface area (Å²) in [4.78, 5) is 21.8. The molecule has 0 radical (unpaired) electrons. The topological polar surface area (TPSA) is 84.9 Å². The van der Waals surface area contributed by atoms with E-state index in [0.29, 0.717) is 25.1 Å². The predicted molar refractivity (Wildman–Crippen MR) is 66.1 cm³/mol. The zero-order chi connectivity index (χ0) is 13.8. The number of hydrogen-bond donors (Lipinski definition) is 2. The number of benzene rings is 1. The van der Waals surface area contributed by atoms with Crippen molar-refractivity contribution in [1.82, 2.24) is 5.32 Å². The molecule has 0 saturated heterocycles. The standard InChI is InChI=1S/C13H15NO5/c1-18-13(17)14-7-8-2-4-10-9(6-8)3-5-11(19-10)12(15)16/h2,4,6,11H,3,5,7H2,1H3,(H,14,17)(H,15,16). The minimum absolute atomic E-state index is 0.363. The van der Waals surface area contributed by atoms with Crippen LogP contribution < -0.4 is 10.1 Å². The molecule has 1 aliphatic rings. The molecule has 1 amide bonds. The molecule has 0 spiro atoms. The maximum Gasteiger partial charge on any atom is 0.407 e. The third kappa shape index (κ3) is 3.15. The van der Waals surface area contributed by atoms with E-state index in [1.165, 1.54) is 7.11 Å². The summed E-state index contributed by atoms with van der Waals surface area (Å²) in [5.41, 5.74) is 1.88. The Morgan fingerprint density at radius 1 is 1.53 bits per heavy atom. The van der Waals surface area contributed by atoms with Crippen molar-refractivity contribution >= 4 is 12.1 Å². The lowest BCUT2D eigenvalue weighted by Crippen LogP contribution is -2.31. The lowest BCUT2D eigenvalue weighted by atomic mass is 10.00. The minimum atomic E-state index is -0.943. The van der Waals surface area contributed by atoms with Crippen LogP contribution in [-0.4, -0.2) is 30.4 Å². The number of nitrogens with one attached hydrogen (secondary N) is 1. The number of rotatable bonds is 3. The van der Waals surface area contributed by atoms with Crippen LogP contribution >= 0.6 is 0 Å². The highest BCUT2D eigenvalue weighted by atomic mass is 16.5. The number of aliphatic carboxylic acids is 1. The van der Waals surface area contributed by atoms with E-state index in [1.54, 1.807) is 12.1 Å². The lowest BCUT2D eigenvalue weighted by Gasteiger charge is -2.23. The molecule has 0 fully saturated rings. The quantitative estimate of drug-likeness (QED) is 0.861. The summed E-state index contributed by atoms with van der Waals surface area (Å²) in [6.45, 7) is 0.363. The number of ether oxygens (including phenoxy) is 2. The zero-order valence-corrected chi connectivity index (χ0v) is 10.5. The van der Waals surface area contributed by atoms with E-state index in [9.17, 15) is 9.59 Å². The van der Waals surface area contributed by atoms with Gasteiger partial charge < -0.3 is 19.9 Å². The maximum absolute atomic E-state index is 11.0. The highest BCUT2D eigenvalue weighted by molar-refractivity contribution is 5.73. The van der Waals surface area contributed by atoms with E-state index in [2.05, 4.69) is 10.1 Å². The summed E-state index contributed by atoms with van der Waals surface area (Å²) < 4.78 is 9.87. The Kier molecular flexibility index (Phi) is 3.89. The van der Waals surface area contributed by atoms with Crippen molar-refractivity contribution in [3.63, 3.8) is 0 Å². The Bertz CT molecular complexity index is 500. The first-order chi connectivity index (χ1) is 9.10. The van der Waals surface area contributed by atoms with Gasteiger partial charge in [0.25, 0.3) is 0 Å². The van der Waals surface area contributed by atoms with Crippen LogP contribution in [0.25, 0.3) is 0 Å². The number of amides is 1. The van der Waals surface area contributed by atoms with Gasteiger partial charge in [-0.1, -0.05) is 12.1 Å². The van der Waals surface area contributed by atoms with Crippen LogP contribution in [-0.2, 0) is 22.5 Å². The summed E-state index contributed by atoms with van der Waals surface area (Å²) in [6.07, 6.45) is -0.152. The molecule has 2 N–H and O–H groups in total. The van der Waals surface area contributed by atoms with Crippen molar-refractivity contribution < 1.29 is 24.2 Å². The first-order valence-corrected chi connectivity index (χ1v) is 5.93. The van der Waals surface area contributed by atoms with Crippen LogP contribution in [0.5, 0.6) is 5.75 Å². The number of alkyl carbamates (subject to hydrolysis) is 1. The van der Waals surface area contributed by atoms with Gasteiger partial charge >= 0.3 is 12.1 Å². The van der Waals surface area contributed by atoms with Gasteiger partial charge in [-0.15, -0.1) is 0 Å². The maximum atomic E-state index is 11.0. The number of carbonyl (C=O) groups excluding carboxylic acids is 1. The summed E-state index contributed by atoms with van der Waals surface area (Å²) >= 11 is 0. The summed E-state index contributed by atoms with van der Waals surface area (Å²) in [5.74, 6) is -0.345. The molecule has 0 aromatic heterocycles. The van der Waals surface area contributed by atoms with Gasteiger partial charge in [0.2, 0.25) is 0 Å². The van der Waals surface area contributed by atoms with Crippen molar-refractivity contribution in [2.24, 2.45) is 0 Å². The van der Waals surface area contributed by atoms with Gasteiger partial charge in [0, 0.05) is 6.54 Å². The molecule has 0 saturated carbocycles. The van der Waals surface area contributed by atoms with Crippen LogP contribution in [0, 0.1) is 0 Å². The van der Waals surface area contributed by atoms with Crippen LogP contribution in [0.1, 0.15) is 17.5 Å². The number of methoxy groups -OCH3 is 1. The van der Waals surface area contributed by atoms with Gasteiger partial charge in [0.1, 0.15) is 5.75 Å². The average molecular weight is 265 g/mol. The molecule has 102 valence electrons. The van der Waals surface area contributed by atoms with E-state index in [-0.39, 0.29) is 0 Å². The predicted octanol–water partition coefficient (Wildman–Crippen LogP) is 1.32. The lowest BCUT2D eigenvalue weighted by molar-refractivity contribution is -0.145. The Labute approximate surface area is 110 Å². The smallest absolute Gasteiger partial charge is 0.407 e. The number of fused-ring (bicyclic) bond motifs is 1. The third-order valence-electron chi connectivity index (χ3n) is 2.97. The molecule has 1 aliphatic heterocycles. The van der Waals surface area contributed by atoms with Gasteiger partial charge in [-0.05, 0) is 30.0 Å². The molecular weight excluding hydrogens is 250 g/mol. The highest BCUT2D eigenvalue weighted by Crippen LogP contribution is 2.28. The molecule has 2 rings (SSSR count). The SMILES string of the molecule is COC(=O)NCc1ccc2c(c1)CCC(C(=O)O)O2. The van der Waals surface area contributed by atoms with Gasteiger partial charge in [0.15, 0.2) is 6.10 Å². The van der Waals surface area contributed by atoms with Crippen LogP contribution in [0.15, 0.2) is 18.2 Å². The van der Waals surface area contributed by atoms with E-state index in [1.807, 2.05) is 6.07 Å². The largest absolute Gasteiger partial charge is 0.479 e. The van der Waals surface area contributed by atoms with Crippen molar-refractivity contribution in [3.8, 4) is 5.75 Å². The second-order valence-corrected chi connectivity index (χ2v) is 4.27. The number of carbonyl (C=O) groups is 2. The van der Waals surface area contributed by atoms with Crippen molar-refractivity contribution in [2.45, 2.75) is 25.5 Å². The molecule has 1 aromatic carbocycles. The van der Waals surface area contributed by atoms with Gasteiger partial charge in [-0.3, -0.25) is 0 Å². The second kappa shape index (κ2) is 5.60. The number of hydrogen-bond acceptors (Lipinski definition) is 4. The molecule has 6 nitrogen and oxygen atoms in total. The molecule has 0 bridgehead atoms. The number of aryl methyl sites for hydroxylation is 1. The Balaban J connectivity index is 2.04. The molecule has 0 aliphatic carbocycles. The Morgan fingerprint density at radius 3 is 3.00 bits per heavy atom. The van der Waals surface area contributed by atoms with E-state index in [0.717, 1.165) is 11.1 Å².